The van der Waals surface area contributed by atoms with Gasteiger partial charge in [0.1, 0.15) is 5.82 Å². The van der Waals surface area contributed by atoms with Crippen molar-refractivity contribution in [2.45, 2.75) is 13.0 Å². The van der Waals surface area contributed by atoms with Gasteiger partial charge in [0.05, 0.1) is 31.8 Å². The highest BCUT2D eigenvalue weighted by atomic mass is 16.6. The Hall–Kier alpha value is -3.66. The number of aromatic nitrogens is 3. The smallest absolute Gasteiger partial charge is 0.311 e. The van der Waals surface area contributed by atoms with Gasteiger partial charge in [0.25, 0.3) is 0 Å². The summed E-state index contributed by atoms with van der Waals surface area (Å²) in [7, 11) is 2.94. The lowest BCUT2D eigenvalue weighted by atomic mass is 10.1. The van der Waals surface area contributed by atoms with Crippen molar-refractivity contribution in [3.05, 3.63) is 57.9 Å². The van der Waals surface area contributed by atoms with E-state index >= 15 is 0 Å². The molecule has 1 atom stereocenters. The lowest BCUT2D eigenvalue weighted by molar-refractivity contribution is -0.385. The molecule has 10 heteroatoms. The first-order chi connectivity index (χ1) is 14.0. The molecule has 3 N–H and O–H groups in total. The van der Waals surface area contributed by atoms with Crippen LogP contribution in [0.1, 0.15) is 24.4 Å². The summed E-state index contributed by atoms with van der Waals surface area (Å²) in [4.78, 5) is 15.1. The summed E-state index contributed by atoms with van der Waals surface area (Å²) in [6.07, 6.45) is 0. The highest BCUT2D eigenvalue weighted by molar-refractivity contribution is 5.63. The van der Waals surface area contributed by atoms with E-state index in [1.54, 1.807) is 25.3 Å². The molecule has 1 aromatic heterocycles. The third-order valence-corrected chi connectivity index (χ3v) is 4.28. The Labute approximate surface area is 166 Å². The van der Waals surface area contributed by atoms with E-state index in [2.05, 4.69) is 15.2 Å². The third-order valence-electron chi connectivity index (χ3n) is 4.28. The molecule has 2 aromatic carbocycles. The molecule has 0 radical (unpaired) electrons. The quantitative estimate of drug-likeness (QED) is 0.435. The fraction of sp³-hybridized carbons (Fsp3) is 0.263. The third kappa shape index (κ3) is 4.11. The number of nitro benzene ring substituents is 1. The molecular formula is C19H21N5O5. The van der Waals surface area contributed by atoms with E-state index in [4.69, 9.17) is 19.9 Å². The normalized spacial score (nSPS) is 11.7. The van der Waals surface area contributed by atoms with Gasteiger partial charge in [-0.05, 0) is 36.8 Å². The van der Waals surface area contributed by atoms with Crippen molar-refractivity contribution in [3.8, 4) is 28.6 Å². The minimum Gasteiger partial charge on any atom is -0.493 e. The minimum atomic E-state index is -0.602. The number of H-pyrrole nitrogens is 1. The van der Waals surface area contributed by atoms with Crippen LogP contribution in [0.25, 0.3) is 11.4 Å². The second kappa shape index (κ2) is 8.57. The molecule has 1 unspecified atom stereocenters. The van der Waals surface area contributed by atoms with Gasteiger partial charge in [-0.2, -0.15) is 5.10 Å². The van der Waals surface area contributed by atoms with Gasteiger partial charge < -0.3 is 19.9 Å². The maximum Gasteiger partial charge on any atom is 0.311 e. The SMILES string of the molecule is CCOc1cc(C(N)c2nc(-c3ccc(OC)c([N+](=O)[O-])c3)n[nH]2)ccc1OC. The summed E-state index contributed by atoms with van der Waals surface area (Å²) in [5.74, 6) is 2.04. The highest BCUT2D eigenvalue weighted by Crippen LogP contribution is 2.33. The van der Waals surface area contributed by atoms with E-state index in [1.807, 2.05) is 13.0 Å². The molecule has 0 saturated carbocycles. The molecule has 3 aromatic rings. The number of nitrogens with zero attached hydrogens (tertiary/aromatic N) is 3. The van der Waals surface area contributed by atoms with Gasteiger partial charge in [0.15, 0.2) is 23.1 Å². The lowest BCUT2D eigenvalue weighted by Gasteiger charge is -2.14. The maximum atomic E-state index is 11.2. The average Bonchev–Trinajstić information content (AvgIpc) is 3.23. The minimum absolute atomic E-state index is 0.160. The van der Waals surface area contributed by atoms with E-state index in [0.29, 0.717) is 35.3 Å². The van der Waals surface area contributed by atoms with Gasteiger partial charge in [-0.25, -0.2) is 4.98 Å². The molecule has 0 aliphatic rings. The Balaban J connectivity index is 1.91. The number of ether oxygens (including phenoxy) is 3. The van der Waals surface area contributed by atoms with Crippen molar-refractivity contribution < 1.29 is 19.1 Å². The Morgan fingerprint density at radius 2 is 1.86 bits per heavy atom. The average molecular weight is 399 g/mol. The van der Waals surface area contributed by atoms with Crippen molar-refractivity contribution in [2.24, 2.45) is 5.73 Å². The van der Waals surface area contributed by atoms with Crippen LogP contribution < -0.4 is 19.9 Å². The first-order valence-electron chi connectivity index (χ1n) is 8.79. The van der Waals surface area contributed by atoms with Crippen LogP contribution in [0.5, 0.6) is 17.2 Å². The number of benzene rings is 2. The topological polar surface area (TPSA) is 138 Å². The summed E-state index contributed by atoms with van der Waals surface area (Å²) < 4.78 is 15.9. The molecule has 0 saturated heterocycles. The summed E-state index contributed by atoms with van der Waals surface area (Å²) >= 11 is 0. The Morgan fingerprint density at radius 1 is 1.14 bits per heavy atom. The molecular weight excluding hydrogens is 378 g/mol. The van der Waals surface area contributed by atoms with E-state index in [-0.39, 0.29) is 11.4 Å². The predicted octanol–water partition coefficient (Wildman–Crippen LogP) is 2.84. The second-order valence-corrected chi connectivity index (χ2v) is 6.01. The number of hydrogen-bond donors (Lipinski definition) is 2. The summed E-state index contributed by atoms with van der Waals surface area (Å²) in [5.41, 5.74) is 7.38. The number of nitrogens with two attached hydrogens (primary N) is 1. The Morgan fingerprint density at radius 3 is 2.52 bits per heavy atom. The van der Waals surface area contributed by atoms with Crippen molar-refractivity contribution >= 4 is 5.69 Å². The van der Waals surface area contributed by atoms with Gasteiger partial charge in [-0.1, -0.05) is 6.07 Å². The highest BCUT2D eigenvalue weighted by Gasteiger charge is 2.20. The molecule has 3 rings (SSSR count). The first-order valence-corrected chi connectivity index (χ1v) is 8.79. The molecule has 0 amide bonds. The van der Waals surface area contributed by atoms with Crippen LogP contribution in [0.3, 0.4) is 0 Å². The maximum absolute atomic E-state index is 11.2. The van der Waals surface area contributed by atoms with Gasteiger partial charge in [-0.15, -0.1) is 0 Å². The summed E-state index contributed by atoms with van der Waals surface area (Å²) in [6, 6.07) is 9.27. The monoisotopic (exact) mass is 399 g/mol. The van der Waals surface area contributed by atoms with Crippen LogP contribution in [-0.4, -0.2) is 40.9 Å². The molecule has 152 valence electrons. The van der Waals surface area contributed by atoms with Crippen molar-refractivity contribution in [3.63, 3.8) is 0 Å². The number of nitrogens with one attached hydrogen (secondary N) is 1. The zero-order valence-electron chi connectivity index (χ0n) is 16.2. The molecule has 0 spiro atoms. The Bertz CT molecular complexity index is 1020. The van der Waals surface area contributed by atoms with Crippen LogP contribution in [-0.2, 0) is 0 Å². The molecule has 10 nitrogen and oxygen atoms in total. The van der Waals surface area contributed by atoms with Crippen LogP contribution >= 0.6 is 0 Å². The van der Waals surface area contributed by atoms with E-state index in [0.717, 1.165) is 5.56 Å². The number of hydrogen-bond acceptors (Lipinski definition) is 8. The largest absolute Gasteiger partial charge is 0.493 e. The van der Waals surface area contributed by atoms with E-state index < -0.39 is 11.0 Å². The number of methoxy groups -OCH3 is 2. The van der Waals surface area contributed by atoms with E-state index in [1.165, 1.54) is 19.2 Å². The molecule has 0 aliphatic heterocycles. The fourth-order valence-electron chi connectivity index (χ4n) is 2.83. The zero-order chi connectivity index (χ0) is 21.0. The fourth-order valence-corrected chi connectivity index (χ4v) is 2.83. The van der Waals surface area contributed by atoms with Gasteiger partial charge in [0.2, 0.25) is 0 Å². The number of nitro groups is 1. The second-order valence-electron chi connectivity index (χ2n) is 6.01. The predicted molar refractivity (Wildman–Crippen MR) is 105 cm³/mol. The Kier molecular flexibility index (Phi) is 5.93. The standard InChI is InChI=1S/C19H21N5O5/c1-4-29-16-10-11(5-8-15(16)28-3)17(20)19-21-18(22-23-19)12-6-7-14(27-2)13(9-12)24(25)26/h5-10,17H,4,20H2,1-3H3,(H,21,22,23). The first kappa shape index (κ1) is 20.1. The van der Waals surface area contributed by atoms with Crippen LogP contribution in [0.2, 0.25) is 0 Å². The lowest BCUT2D eigenvalue weighted by Crippen LogP contribution is -2.14. The van der Waals surface area contributed by atoms with Gasteiger partial charge in [-0.3, -0.25) is 15.2 Å². The number of rotatable bonds is 8. The van der Waals surface area contributed by atoms with Crippen molar-refractivity contribution in [1.82, 2.24) is 15.2 Å². The number of aromatic amines is 1. The van der Waals surface area contributed by atoms with Crippen LogP contribution in [0.15, 0.2) is 36.4 Å². The van der Waals surface area contributed by atoms with E-state index in [9.17, 15) is 10.1 Å². The van der Waals surface area contributed by atoms with Crippen molar-refractivity contribution in [2.75, 3.05) is 20.8 Å². The zero-order valence-corrected chi connectivity index (χ0v) is 16.2. The molecule has 0 fully saturated rings. The molecule has 0 bridgehead atoms. The van der Waals surface area contributed by atoms with Gasteiger partial charge >= 0.3 is 5.69 Å². The molecule has 1 heterocycles. The van der Waals surface area contributed by atoms with Crippen LogP contribution in [0.4, 0.5) is 5.69 Å². The molecule has 29 heavy (non-hydrogen) atoms. The van der Waals surface area contributed by atoms with Crippen molar-refractivity contribution in [1.29, 1.82) is 0 Å². The van der Waals surface area contributed by atoms with Gasteiger partial charge in [0, 0.05) is 11.6 Å². The summed E-state index contributed by atoms with van der Waals surface area (Å²) in [5, 5.41) is 18.2. The van der Waals surface area contributed by atoms with Crippen LogP contribution in [0, 0.1) is 10.1 Å². The summed E-state index contributed by atoms with van der Waals surface area (Å²) in [6.45, 7) is 2.36. The molecule has 0 aliphatic carbocycles.